The molecule has 0 unspecified atom stereocenters. The Bertz CT molecular complexity index is 7810. The fraction of sp³-hybridized carbons (Fsp3) is 0.0805. The molecule has 0 amide bonds. The van der Waals surface area contributed by atoms with Crippen LogP contribution in [0.25, 0.3) is 137 Å². The number of aromatic nitrogens is 15. The Morgan fingerprint density at radius 3 is 1.20 bits per heavy atom. The molecule has 6 N–H and O–H groups in total. The molecule has 0 aliphatic rings. The number of benzene rings is 10. The van der Waals surface area contributed by atoms with Gasteiger partial charge >= 0.3 is 0 Å². The summed E-state index contributed by atoms with van der Waals surface area (Å²) in [5.41, 5.74) is 12.7. The molecule has 23 nitrogen and oxygen atoms in total. The Morgan fingerprint density at radius 2 is 0.750 bits per heavy atom. The first-order valence-corrected chi connectivity index (χ1v) is 38.0. The minimum Gasteiger partial charge on any atom is -0.497 e. The molecule has 0 spiro atoms. The summed E-state index contributed by atoms with van der Waals surface area (Å²) in [6.45, 7) is 7.80. The summed E-state index contributed by atoms with van der Waals surface area (Å²) in [5.74, 6) is -0.457. The SMILES string of the molecule is COc1cccc(-n2[nH]c3c(cnc4cc(C)ccc43)c2=O)c1.Cc1ccc(-n2[nH]c3c(cnc4c(F)cc(Br)cc43)c2=O)cc1.Cc1cccc(-n2[nH]c3c(cnc4c(F)cc(Br)cc43)c2=O)c1.Cc1ccccc1-n1[nH]c2c(cnc3c(F)cc(Br)cc32)c1=O.[2H]C([2H])([2H])Oc1cccc(-n2[nH]c3c(cnc4cc(CO)ccc43)c2=O)c1. The summed E-state index contributed by atoms with van der Waals surface area (Å²) in [7, 11) is -0.971. The minimum absolute atomic E-state index is 0.0938. The third-order valence-electron chi connectivity index (χ3n) is 19.5. The van der Waals surface area contributed by atoms with E-state index in [9.17, 15) is 42.3 Å². The fourth-order valence-electron chi connectivity index (χ4n) is 13.8. The van der Waals surface area contributed by atoms with Gasteiger partial charge in [0.2, 0.25) is 0 Å². The lowest BCUT2D eigenvalue weighted by molar-refractivity contribution is 0.282. The lowest BCUT2D eigenvalue weighted by Crippen LogP contribution is -2.15. The van der Waals surface area contributed by atoms with Crippen molar-refractivity contribution in [3.63, 3.8) is 0 Å². The molecule has 0 aliphatic carbocycles. The van der Waals surface area contributed by atoms with Gasteiger partial charge in [-0.25, -0.2) is 36.6 Å². The number of nitrogens with zero attached hydrogens (tertiary/aromatic N) is 10. The van der Waals surface area contributed by atoms with Crippen molar-refractivity contribution >= 4 is 157 Å². The highest BCUT2D eigenvalue weighted by Crippen LogP contribution is 2.33. The lowest BCUT2D eigenvalue weighted by atomic mass is 10.1. The summed E-state index contributed by atoms with van der Waals surface area (Å²) in [6, 6.07) is 57.1. The van der Waals surface area contributed by atoms with Crippen LogP contribution in [0.4, 0.5) is 13.2 Å². The number of nitrogens with one attached hydrogen (secondary N) is 5. The summed E-state index contributed by atoms with van der Waals surface area (Å²) >= 11 is 9.85. The number of aryl methyl sites for hydroxylation is 4. The van der Waals surface area contributed by atoms with Gasteiger partial charge in [-0.15, -0.1) is 0 Å². The van der Waals surface area contributed by atoms with Gasteiger partial charge in [-0.05, 0) is 153 Å². The van der Waals surface area contributed by atoms with E-state index in [2.05, 4.69) is 98.2 Å². The summed E-state index contributed by atoms with van der Waals surface area (Å²) in [4.78, 5) is 84.5. The van der Waals surface area contributed by atoms with E-state index in [1.54, 1.807) is 61.8 Å². The van der Waals surface area contributed by atoms with Gasteiger partial charge in [0.15, 0.2) is 17.5 Å². The molecule has 0 aliphatic heterocycles. The first-order chi connectivity index (χ1) is 57.2. The van der Waals surface area contributed by atoms with E-state index in [4.69, 9.17) is 13.6 Å². The van der Waals surface area contributed by atoms with E-state index >= 15 is 0 Å². The van der Waals surface area contributed by atoms with Crippen LogP contribution >= 0.6 is 47.8 Å². The van der Waals surface area contributed by atoms with Crippen LogP contribution in [0.1, 0.15) is 31.9 Å². The number of methoxy groups -OCH3 is 2. The zero-order valence-electron chi connectivity index (χ0n) is 64.6. The van der Waals surface area contributed by atoms with E-state index in [1.807, 2.05) is 143 Å². The zero-order valence-corrected chi connectivity index (χ0v) is 66.4. The summed E-state index contributed by atoms with van der Waals surface area (Å²) < 4.78 is 83.0. The van der Waals surface area contributed by atoms with Gasteiger partial charge in [-0.1, -0.05) is 132 Å². The largest absolute Gasteiger partial charge is 0.497 e. The number of H-pyrrole nitrogens is 5. The average molecular weight is 1750 g/mol. The number of aliphatic hydroxyl groups excluding tert-OH is 1. The Morgan fingerprint density at radius 1 is 0.371 bits per heavy atom. The van der Waals surface area contributed by atoms with Crippen molar-refractivity contribution in [2.45, 2.75) is 34.3 Å². The molecule has 0 saturated carbocycles. The quantitative estimate of drug-likeness (QED) is 0.0826. The smallest absolute Gasteiger partial charge is 0.280 e. The molecule has 0 radical (unpaired) electrons. The van der Waals surface area contributed by atoms with Gasteiger partial charge in [0, 0.05) is 83.5 Å². The van der Waals surface area contributed by atoms with E-state index in [0.29, 0.717) is 95.5 Å². The Labute approximate surface area is 682 Å². The van der Waals surface area contributed by atoms with Crippen LogP contribution in [-0.2, 0) is 6.61 Å². The molecule has 10 aromatic carbocycles. The topological polar surface area (TPSA) is 292 Å². The number of ether oxygens (including phenoxy) is 2. The van der Waals surface area contributed by atoms with Crippen LogP contribution in [0.5, 0.6) is 11.5 Å². The number of aliphatic hydroxyl groups is 1. The number of pyridine rings is 5. The average Bonchev–Trinajstić information content (AvgIpc) is 1.65. The maximum atomic E-state index is 14.1. The van der Waals surface area contributed by atoms with Crippen LogP contribution in [0.15, 0.2) is 262 Å². The lowest BCUT2D eigenvalue weighted by Gasteiger charge is -2.05. The van der Waals surface area contributed by atoms with Crippen molar-refractivity contribution in [1.29, 1.82) is 0 Å². The normalized spacial score (nSPS) is 11.8. The number of aromatic amines is 5. The molecule has 10 aromatic heterocycles. The van der Waals surface area contributed by atoms with Crippen molar-refractivity contribution in [2.75, 3.05) is 14.1 Å². The molecule has 0 fully saturated rings. The maximum Gasteiger partial charge on any atom is 0.280 e. The van der Waals surface area contributed by atoms with Gasteiger partial charge in [-0.2, -0.15) is 0 Å². The van der Waals surface area contributed by atoms with Crippen molar-refractivity contribution in [3.05, 3.63) is 336 Å². The zero-order chi connectivity index (χ0) is 83.6. The maximum absolute atomic E-state index is 14.1. The Hall–Kier alpha value is -13.6. The molecule has 0 bridgehead atoms. The second-order valence-corrected chi connectivity index (χ2v) is 29.9. The standard InChI is InChI=1S/C18H15N3O3.C18H15N3O2.3C17H11BrFN3O/c1-24-13-4-2-3-12(8-13)21-18(23)15-9-19-16-7-11(10-22)5-6-14(16)17(15)20-21;1-11-6-7-14-16(8-11)19-10-15-17(14)20-21(18(15)22)12-4-3-5-13(9-12)23-2;1-9-2-4-11(5-3-9)22-17(23)13-8-20-16-12(15(13)21-22)6-10(18)7-14(16)19;1-9-3-2-4-11(5-9)22-17(23)13-8-20-16-12(15(13)21-22)6-10(18)7-14(16)19;1-9-4-2-3-5-14(9)22-17(23)12-8-20-16-11(15(12)21-22)6-10(18)7-13(16)19/h2-9,20,22H,10H2,1H3;3-10,20H,1-2H3;3*2-8,21H,1H3/i1D3;;;;. The molecule has 0 atom stereocenters. The molecular weight excluding hydrogens is 1680 g/mol. The van der Waals surface area contributed by atoms with Gasteiger partial charge in [0.05, 0.1) is 119 Å². The van der Waals surface area contributed by atoms with E-state index in [0.717, 1.165) is 72.4 Å². The monoisotopic (exact) mass is 1740 g/mol. The fourth-order valence-corrected chi connectivity index (χ4v) is 15.0. The van der Waals surface area contributed by atoms with Gasteiger partial charge in [0.25, 0.3) is 27.8 Å². The number of fused-ring (bicyclic) bond motifs is 15. The molecule has 10 heterocycles. The van der Waals surface area contributed by atoms with Gasteiger partial charge in [-0.3, -0.25) is 74.4 Å². The number of para-hydroxylation sites is 1. The molecule has 0 saturated heterocycles. The van der Waals surface area contributed by atoms with E-state index in [-0.39, 0.29) is 56.7 Å². The first kappa shape index (κ1) is 72.6. The molecule has 29 heteroatoms. The molecule has 116 heavy (non-hydrogen) atoms. The highest BCUT2D eigenvalue weighted by molar-refractivity contribution is 9.11. The van der Waals surface area contributed by atoms with Crippen molar-refractivity contribution in [2.24, 2.45) is 0 Å². The molecule has 20 rings (SSSR count). The third-order valence-corrected chi connectivity index (χ3v) is 20.9. The van der Waals surface area contributed by atoms with Crippen LogP contribution in [-0.4, -0.2) is 93.1 Å². The number of hydrogen-bond acceptors (Lipinski definition) is 13. The summed E-state index contributed by atoms with van der Waals surface area (Å²) in [5, 5.41) is 30.4. The van der Waals surface area contributed by atoms with Gasteiger partial charge < -0.3 is 14.6 Å². The van der Waals surface area contributed by atoms with E-state index in [1.165, 1.54) is 78.5 Å². The molecule has 576 valence electrons. The second-order valence-electron chi connectivity index (χ2n) is 27.1. The predicted octanol–water partition coefficient (Wildman–Crippen LogP) is 17.8. The molecule has 20 aromatic rings. The Kier molecular flexibility index (Phi) is 19.7. The summed E-state index contributed by atoms with van der Waals surface area (Å²) in [6.07, 6.45) is 7.36. The van der Waals surface area contributed by atoms with Crippen LogP contribution in [0, 0.1) is 45.1 Å². The van der Waals surface area contributed by atoms with E-state index < -0.39 is 24.5 Å². The number of rotatable bonds is 8. The minimum atomic E-state index is -2.57. The third kappa shape index (κ3) is 14.4. The molecular formula is C87H63Br3F3N15O8. The first-order valence-electron chi connectivity index (χ1n) is 37.1. The number of halogens is 6. The highest BCUT2D eigenvalue weighted by Gasteiger charge is 2.21. The second kappa shape index (κ2) is 31.4. The predicted molar refractivity (Wildman–Crippen MR) is 457 cm³/mol. The Balaban J connectivity index is 0.000000111. The highest BCUT2D eigenvalue weighted by atomic mass is 79.9. The number of hydrogen-bond donors (Lipinski definition) is 6. The van der Waals surface area contributed by atoms with Crippen molar-refractivity contribution in [1.82, 2.24) is 73.8 Å². The van der Waals surface area contributed by atoms with Crippen LogP contribution in [0.2, 0.25) is 0 Å². The van der Waals surface area contributed by atoms with Gasteiger partial charge in [0.1, 0.15) is 28.0 Å². The van der Waals surface area contributed by atoms with Crippen molar-refractivity contribution < 1.29 is 31.9 Å². The van der Waals surface area contributed by atoms with Crippen LogP contribution < -0.4 is 37.3 Å². The van der Waals surface area contributed by atoms with Crippen molar-refractivity contribution in [3.8, 4) is 39.9 Å². The van der Waals surface area contributed by atoms with Crippen LogP contribution in [0.3, 0.4) is 0 Å².